The van der Waals surface area contributed by atoms with Crippen LogP contribution in [0.4, 0.5) is 11.5 Å². The summed E-state index contributed by atoms with van der Waals surface area (Å²) in [7, 11) is -3.59. The highest BCUT2D eigenvalue weighted by Gasteiger charge is 2.34. The Morgan fingerprint density at radius 3 is 2.61 bits per heavy atom. The maximum absolute atomic E-state index is 12.8. The van der Waals surface area contributed by atoms with E-state index < -0.39 is 10.0 Å². The molecule has 1 aliphatic carbocycles. The Bertz CT molecular complexity index is 1360. The summed E-state index contributed by atoms with van der Waals surface area (Å²) < 4.78 is 34.1. The molecule has 0 unspecified atom stereocenters. The molecule has 1 saturated carbocycles. The summed E-state index contributed by atoms with van der Waals surface area (Å²) in [4.78, 5) is 15.5. The second-order valence-electron chi connectivity index (χ2n) is 8.29. The van der Waals surface area contributed by atoms with E-state index >= 15 is 0 Å². The van der Waals surface area contributed by atoms with E-state index in [2.05, 4.69) is 21.5 Å². The quantitative estimate of drug-likeness (QED) is 0.544. The number of morpholine rings is 1. The van der Waals surface area contributed by atoms with Gasteiger partial charge in [0.15, 0.2) is 5.82 Å². The highest BCUT2D eigenvalue weighted by molar-refractivity contribution is 7.89. The molecule has 0 spiro atoms. The number of hydrogen-bond donors (Lipinski definition) is 2. The van der Waals surface area contributed by atoms with Crippen LogP contribution < -0.4 is 10.9 Å². The summed E-state index contributed by atoms with van der Waals surface area (Å²) in [5, 5.41) is 17.5. The van der Waals surface area contributed by atoms with Gasteiger partial charge in [-0.3, -0.25) is 9.48 Å². The highest BCUT2D eigenvalue weighted by atomic mass is 32.2. The maximum atomic E-state index is 12.8. The van der Waals surface area contributed by atoms with Crippen LogP contribution in [0.3, 0.4) is 0 Å². The van der Waals surface area contributed by atoms with Gasteiger partial charge < -0.3 is 15.0 Å². The number of anilines is 2. The van der Waals surface area contributed by atoms with Gasteiger partial charge in [0.25, 0.3) is 5.56 Å². The van der Waals surface area contributed by atoms with Crippen LogP contribution in [0.5, 0.6) is 0 Å². The number of benzene rings is 1. The maximum Gasteiger partial charge on any atom is 0.261 e. The van der Waals surface area contributed by atoms with Crippen molar-refractivity contribution in [2.75, 3.05) is 31.6 Å². The van der Waals surface area contributed by atoms with Gasteiger partial charge in [0.05, 0.1) is 42.2 Å². The molecular weight excluding hydrogens is 444 g/mol. The summed E-state index contributed by atoms with van der Waals surface area (Å²) in [5.74, 6) is 0.754. The number of fused-ring (bicyclic) bond motifs is 1. The highest BCUT2D eigenvalue weighted by Crippen LogP contribution is 2.43. The Labute approximate surface area is 190 Å². The molecule has 11 heteroatoms. The fourth-order valence-corrected chi connectivity index (χ4v) is 5.66. The van der Waals surface area contributed by atoms with Crippen LogP contribution in [-0.4, -0.2) is 53.8 Å². The Kier molecular flexibility index (Phi) is 5.65. The van der Waals surface area contributed by atoms with Crippen molar-refractivity contribution in [3.63, 3.8) is 0 Å². The number of pyridine rings is 1. The van der Waals surface area contributed by atoms with E-state index in [1.54, 1.807) is 41.2 Å². The van der Waals surface area contributed by atoms with Crippen LogP contribution in [-0.2, 0) is 14.8 Å². The molecule has 0 bridgehead atoms. The first-order valence-corrected chi connectivity index (χ1v) is 12.3. The summed E-state index contributed by atoms with van der Waals surface area (Å²) in [6, 6.07) is 10.3. The Balaban J connectivity index is 1.46. The number of aromatic amines is 1. The molecule has 3 heterocycles. The molecule has 1 aliphatic heterocycles. The molecule has 1 aromatic carbocycles. The third-order valence-corrected chi connectivity index (χ3v) is 8.05. The molecule has 1 saturated heterocycles. The van der Waals surface area contributed by atoms with Crippen LogP contribution in [0.1, 0.15) is 25.3 Å². The predicted molar refractivity (Wildman–Crippen MR) is 122 cm³/mol. The molecule has 2 aromatic heterocycles. The van der Waals surface area contributed by atoms with Crippen molar-refractivity contribution in [3.8, 4) is 6.07 Å². The van der Waals surface area contributed by atoms with Crippen LogP contribution in [0, 0.1) is 17.2 Å². The van der Waals surface area contributed by atoms with E-state index in [1.807, 2.05) is 0 Å². The first kappa shape index (κ1) is 21.6. The smallest absolute Gasteiger partial charge is 0.261 e. The van der Waals surface area contributed by atoms with Gasteiger partial charge in [0.2, 0.25) is 10.0 Å². The number of rotatable bonds is 7. The lowest BCUT2D eigenvalue weighted by atomic mass is 10.1. The number of hydrogen-bond acceptors (Lipinski definition) is 7. The molecule has 10 nitrogen and oxygen atoms in total. The van der Waals surface area contributed by atoms with E-state index in [9.17, 15) is 18.5 Å². The largest absolute Gasteiger partial charge is 0.379 e. The molecule has 2 aliphatic rings. The molecule has 3 aromatic rings. The molecule has 5 rings (SSSR count). The standard InChI is InChI=1S/C22H24N6O4S/c23-9-7-18(15-1-2-15)28-19-8-10-24-22(29)20(19)21(26-28)25-16-3-5-17(6-4-16)33(30,31)27-11-13-32-14-12-27/h3-6,8,10,15,18H,1-2,7,11-14H2,(H,24,29)(H,25,26)/t18-/m0/s1. The molecule has 172 valence electrons. The zero-order chi connectivity index (χ0) is 23.0. The number of sulfonamides is 1. The van der Waals surface area contributed by atoms with Crippen molar-refractivity contribution >= 4 is 32.4 Å². The minimum atomic E-state index is -3.59. The van der Waals surface area contributed by atoms with Crippen molar-refractivity contribution in [1.82, 2.24) is 19.1 Å². The predicted octanol–water partition coefficient (Wildman–Crippen LogP) is 2.35. The average Bonchev–Trinajstić information content (AvgIpc) is 3.61. The SMILES string of the molecule is N#CC[C@@H](C1CC1)n1nc(Nc2ccc(S(=O)(=O)N3CCOCC3)cc2)c2c(=O)[nH]ccc21. The Hall–Kier alpha value is -3.20. The second kappa shape index (κ2) is 8.62. The Morgan fingerprint density at radius 2 is 1.94 bits per heavy atom. The number of ether oxygens (including phenoxy) is 1. The topological polar surface area (TPSA) is 133 Å². The van der Waals surface area contributed by atoms with Gasteiger partial charge in [-0.2, -0.15) is 14.7 Å². The molecule has 0 amide bonds. The average molecular weight is 469 g/mol. The fourth-order valence-electron chi connectivity index (χ4n) is 4.25. The van der Waals surface area contributed by atoms with E-state index in [-0.39, 0.29) is 16.5 Å². The van der Waals surface area contributed by atoms with Crippen molar-refractivity contribution in [2.45, 2.75) is 30.2 Å². The van der Waals surface area contributed by atoms with Crippen LogP contribution in [0.25, 0.3) is 10.9 Å². The van der Waals surface area contributed by atoms with Gasteiger partial charge in [0, 0.05) is 25.0 Å². The zero-order valence-corrected chi connectivity index (χ0v) is 18.7. The van der Waals surface area contributed by atoms with Crippen molar-refractivity contribution in [1.29, 1.82) is 5.26 Å². The number of nitrogens with zero attached hydrogens (tertiary/aromatic N) is 4. The number of aromatic nitrogens is 3. The first-order valence-electron chi connectivity index (χ1n) is 10.9. The minimum Gasteiger partial charge on any atom is -0.379 e. The van der Waals surface area contributed by atoms with Crippen LogP contribution in [0.2, 0.25) is 0 Å². The lowest BCUT2D eigenvalue weighted by molar-refractivity contribution is 0.0730. The normalized spacial score (nSPS) is 18.2. The fraction of sp³-hybridized carbons (Fsp3) is 0.409. The molecular formula is C22H24N6O4S. The van der Waals surface area contributed by atoms with Gasteiger partial charge in [-0.05, 0) is 49.1 Å². The van der Waals surface area contributed by atoms with Gasteiger partial charge >= 0.3 is 0 Å². The third kappa shape index (κ3) is 4.13. The van der Waals surface area contributed by atoms with E-state index in [1.165, 1.54) is 4.31 Å². The lowest BCUT2D eigenvalue weighted by Gasteiger charge is -2.26. The molecule has 2 N–H and O–H groups in total. The van der Waals surface area contributed by atoms with Gasteiger partial charge in [-0.15, -0.1) is 0 Å². The van der Waals surface area contributed by atoms with Gasteiger partial charge in [0.1, 0.15) is 5.39 Å². The zero-order valence-electron chi connectivity index (χ0n) is 17.9. The molecule has 0 radical (unpaired) electrons. The Morgan fingerprint density at radius 1 is 1.21 bits per heavy atom. The monoisotopic (exact) mass is 468 g/mol. The number of nitriles is 1. The summed E-state index contributed by atoms with van der Waals surface area (Å²) >= 11 is 0. The second-order valence-corrected chi connectivity index (χ2v) is 10.2. The van der Waals surface area contributed by atoms with Crippen molar-refractivity contribution in [2.24, 2.45) is 5.92 Å². The van der Waals surface area contributed by atoms with E-state index in [0.29, 0.717) is 61.1 Å². The van der Waals surface area contributed by atoms with Crippen LogP contribution >= 0.6 is 0 Å². The van der Waals surface area contributed by atoms with Gasteiger partial charge in [-0.1, -0.05) is 0 Å². The first-order chi connectivity index (χ1) is 16.0. The number of H-pyrrole nitrogens is 1. The molecule has 2 fully saturated rings. The minimum absolute atomic E-state index is 0.0871. The van der Waals surface area contributed by atoms with Crippen molar-refractivity contribution in [3.05, 3.63) is 46.9 Å². The summed E-state index contributed by atoms with van der Waals surface area (Å²) in [5.41, 5.74) is 0.994. The van der Waals surface area contributed by atoms with Crippen LogP contribution in [0.15, 0.2) is 46.2 Å². The summed E-state index contributed by atoms with van der Waals surface area (Å²) in [6.07, 6.45) is 3.98. The van der Waals surface area contributed by atoms with Gasteiger partial charge in [-0.25, -0.2) is 8.42 Å². The molecule has 1 atom stereocenters. The summed E-state index contributed by atoms with van der Waals surface area (Å²) in [6.45, 7) is 1.44. The van der Waals surface area contributed by atoms with E-state index in [0.717, 1.165) is 12.8 Å². The lowest BCUT2D eigenvalue weighted by Crippen LogP contribution is -2.40. The number of nitrogens with one attached hydrogen (secondary N) is 2. The van der Waals surface area contributed by atoms with Crippen molar-refractivity contribution < 1.29 is 13.2 Å². The van der Waals surface area contributed by atoms with E-state index in [4.69, 9.17) is 4.74 Å². The third-order valence-electron chi connectivity index (χ3n) is 6.14. The molecule has 33 heavy (non-hydrogen) atoms.